The first-order valence-electron chi connectivity index (χ1n) is 3.98. The summed E-state index contributed by atoms with van der Waals surface area (Å²) in [6.45, 7) is 1.75. The first kappa shape index (κ1) is 12.2. The van der Waals surface area contributed by atoms with Crippen LogP contribution >= 0.6 is 23.5 Å². The minimum atomic E-state index is -0.688. The van der Waals surface area contributed by atoms with Gasteiger partial charge in [0.15, 0.2) is 0 Å². The van der Waals surface area contributed by atoms with Crippen LogP contribution in [0.15, 0.2) is 0 Å². The summed E-state index contributed by atoms with van der Waals surface area (Å²) in [5.74, 6) is 2.10. The number of carboxylic acids is 1. The second-order valence-corrected chi connectivity index (χ2v) is 4.80. The summed E-state index contributed by atoms with van der Waals surface area (Å²) >= 11 is 3.57. The summed E-state index contributed by atoms with van der Waals surface area (Å²) in [4.78, 5) is 10.4. The van der Waals surface area contributed by atoms with Gasteiger partial charge in [-0.05, 0) is 24.2 Å². The fourth-order valence-electron chi connectivity index (χ4n) is 0.637. The topological polar surface area (TPSA) is 37.3 Å². The molecule has 0 bridgehead atoms. The minimum absolute atomic E-state index is 0.204. The third kappa shape index (κ3) is 6.85. The van der Waals surface area contributed by atoms with E-state index in [2.05, 4.69) is 6.26 Å². The molecule has 0 aliphatic carbocycles. The van der Waals surface area contributed by atoms with Gasteiger partial charge in [0.1, 0.15) is 0 Å². The second-order valence-electron chi connectivity index (χ2n) is 2.66. The highest BCUT2D eigenvalue weighted by atomic mass is 32.2. The number of carbonyl (C=O) groups is 1. The van der Waals surface area contributed by atoms with E-state index in [-0.39, 0.29) is 5.92 Å². The molecule has 0 aliphatic heterocycles. The van der Waals surface area contributed by atoms with Crippen molar-refractivity contribution < 1.29 is 9.90 Å². The lowest BCUT2D eigenvalue weighted by Crippen LogP contribution is -2.12. The third-order valence-electron chi connectivity index (χ3n) is 1.43. The Balaban J connectivity index is 3.14. The van der Waals surface area contributed by atoms with E-state index >= 15 is 0 Å². The van der Waals surface area contributed by atoms with E-state index < -0.39 is 5.97 Å². The molecule has 12 heavy (non-hydrogen) atoms. The van der Waals surface area contributed by atoms with Crippen molar-refractivity contribution in [2.75, 3.05) is 23.5 Å². The van der Waals surface area contributed by atoms with Crippen LogP contribution in [0.2, 0.25) is 0 Å². The highest BCUT2D eigenvalue weighted by molar-refractivity contribution is 7.99. The average Bonchev–Trinajstić information content (AvgIpc) is 2.03. The van der Waals surface area contributed by atoms with Gasteiger partial charge in [0.25, 0.3) is 0 Å². The molecular formula is C8H16O2S2. The third-order valence-corrected chi connectivity index (χ3v) is 3.44. The number of thioether (sulfide) groups is 2. The van der Waals surface area contributed by atoms with Crippen molar-refractivity contribution in [3.8, 4) is 0 Å². The molecule has 0 aromatic rings. The fraction of sp³-hybridized carbons (Fsp3) is 0.875. The van der Waals surface area contributed by atoms with Crippen molar-refractivity contribution >= 4 is 29.5 Å². The summed E-state index contributed by atoms with van der Waals surface area (Å²) in [7, 11) is 0. The first-order valence-corrected chi connectivity index (χ1v) is 6.52. The van der Waals surface area contributed by atoms with Crippen molar-refractivity contribution in [2.24, 2.45) is 5.92 Å². The van der Waals surface area contributed by atoms with Gasteiger partial charge in [0.05, 0.1) is 5.92 Å². The molecule has 1 N–H and O–H groups in total. The number of hydrogen-bond acceptors (Lipinski definition) is 3. The standard InChI is InChI=1S/C8H16O2S2/c1-7(8(9)10)6-12-5-3-4-11-2/h7H,3-6H2,1-2H3,(H,9,10). The number of aliphatic carboxylic acids is 1. The Morgan fingerprint density at radius 1 is 1.50 bits per heavy atom. The molecule has 0 amide bonds. The van der Waals surface area contributed by atoms with Gasteiger partial charge in [-0.15, -0.1) is 0 Å². The first-order chi connectivity index (χ1) is 5.68. The highest BCUT2D eigenvalue weighted by Gasteiger charge is 2.09. The number of hydrogen-bond donors (Lipinski definition) is 1. The Kier molecular flexibility index (Phi) is 7.91. The zero-order valence-corrected chi connectivity index (χ0v) is 9.21. The monoisotopic (exact) mass is 208 g/mol. The summed E-state index contributed by atoms with van der Waals surface area (Å²) in [5.41, 5.74) is 0. The van der Waals surface area contributed by atoms with Gasteiger partial charge in [-0.25, -0.2) is 0 Å². The molecule has 72 valence electrons. The molecule has 0 aromatic heterocycles. The molecule has 2 nitrogen and oxygen atoms in total. The van der Waals surface area contributed by atoms with E-state index in [9.17, 15) is 4.79 Å². The molecule has 1 atom stereocenters. The van der Waals surface area contributed by atoms with E-state index in [1.54, 1.807) is 18.7 Å². The van der Waals surface area contributed by atoms with Gasteiger partial charge < -0.3 is 5.11 Å². The van der Waals surface area contributed by atoms with Gasteiger partial charge in [-0.2, -0.15) is 23.5 Å². The molecule has 0 fully saturated rings. The lowest BCUT2D eigenvalue weighted by Gasteiger charge is -2.04. The second kappa shape index (κ2) is 7.80. The van der Waals surface area contributed by atoms with Crippen molar-refractivity contribution in [3.05, 3.63) is 0 Å². The van der Waals surface area contributed by atoms with E-state index in [1.165, 1.54) is 12.2 Å². The van der Waals surface area contributed by atoms with E-state index in [0.717, 1.165) is 11.5 Å². The predicted molar refractivity (Wildman–Crippen MR) is 57.1 cm³/mol. The molecule has 0 rings (SSSR count). The lowest BCUT2D eigenvalue weighted by molar-refractivity contribution is -0.140. The maximum atomic E-state index is 10.4. The van der Waals surface area contributed by atoms with Gasteiger partial charge in [0.2, 0.25) is 0 Å². The summed E-state index contributed by atoms with van der Waals surface area (Å²) < 4.78 is 0. The Morgan fingerprint density at radius 2 is 2.17 bits per heavy atom. The van der Waals surface area contributed by atoms with Crippen LogP contribution in [0.25, 0.3) is 0 Å². The van der Waals surface area contributed by atoms with Gasteiger partial charge in [-0.3, -0.25) is 4.79 Å². The molecule has 0 aliphatic rings. The molecule has 0 heterocycles. The molecule has 0 spiro atoms. The Morgan fingerprint density at radius 3 is 2.67 bits per heavy atom. The maximum absolute atomic E-state index is 10.4. The van der Waals surface area contributed by atoms with E-state index in [0.29, 0.717) is 0 Å². The predicted octanol–water partition coefficient (Wildman–Crippen LogP) is 2.19. The normalized spacial score (nSPS) is 12.8. The van der Waals surface area contributed by atoms with Crippen LogP contribution in [-0.2, 0) is 4.79 Å². The van der Waals surface area contributed by atoms with Crippen LogP contribution in [0.3, 0.4) is 0 Å². The van der Waals surface area contributed by atoms with E-state index in [4.69, 9.17) is 5.11 Å². The lowest BCUT2D eigenvalue weighted by atomic mass is 10.2. The summed E-state index contributed by atoms with van der Waals surface area (Å²) in [5, 5.41) is 8.57. The van der Waals surface area contributed by atoms with Crippen molar-refractivity contribution in [3.63, 3.8) is 0 Å². The SMILES string of the molecule is CSCCCSCC(C)C(=O)O. The molecular weight excluding hydrogens is 192 g/mol. The summed E-state index contributed by atoms with van der Waals surface area (Å²) in [6.07, 6.45) is 3.27. The van der Waals surface area contributed by atoms with E-state index in [1.807, 2.05) is 11.8 Å². The minimum Gasteiger partial charge on any atom is -0.481 e. The Bertz CT molecular complexity index is 128. The van der Waals surface area contributed by atoms with Crippen LogP contribution in [0.4, 0.5) is 0 Å². The highest BCUT2D eigenvalue weighted by Crippen LogP contribution is 2.10. The molecule has 1 unspecified atom stereocenters. The van der Waals surface area contributed by atoms with Crippen LogP contribution in [-0.4, -0.2) is 34.6 Å². The van der Waals surface area contributed by atoms with Crippen LogP contribution in [0, 0.1) is 5.92 Å². The van der Waals surface area contributed by atoms with Crippen molar-refractivity contribution in [2.45, 2.75) is 13.3 Å². The van der Waals surface area contributed by atoms with Gasteiger partial charge >= 0.3 is 5.97 Å². The maximum Gasteiger partial charge on any atom is 0.307 e. The van der Waals surface area contributed by atoms with Crippen LogP contribution in [0.5, 0.6) is 0 Å². The van der Waals surface area contributed by atoms with Crippen molar-refractivity contribution in [1.29, 1.82) is 0 Å². The molecule has 0 saturated carbocycles. The van der Waals surface area contributed by atoms with Gasteiger partial charge in [0, 0.05) is 5.75 Å². The zero-order valence-electron chi connectivity index (χ0n) is 7.58. The molecule has 0 aromatic carbocycles. The Labute approximate surface area is 82.5 Å². The van der Waals surface area contributed by atoms with Crippen LogP contribution < -0.4 is 0 Å². The zero-order chi connectivity index (χ0) is 9.40. The smallest absolute Gasteiger partial charge is 0.307 e. The van der Waals surface area contributed by atoms with Crippen LogP contribution in [0.1, 0.15) is 13.3 Å². The largest absolute Gasteiger partial charge is 0.481 e. The van der Waals surface area contributed by atoms with Gasteiger partial charge in [-0.1, -0.05) is 6.92 Å². The Hall–Kier alpha value is 0.170. The quantitative estimate of drug-likeness (QED) is 0.651. The molecule has 0 radical (unpaired) electrons. The fourth-order valence-corrected chi connectivity index (χ4v) is 2.26. The molecule has 4 heteroatoms. The summed E-state index contributed by atoms with van der Waals surface area (Å²) in [6, 6.07) is 0. The van der Waals surface area contributed by atoms with Crippen molar-refractivity contribution in [1.82, 2.24) is 0 Å². The number of rotatable bonds is 7. The number of carboxylic acid groups (broad SMARTS) is 1. The molecule has 0 saturated heterocycles. The average molecular weight is 208 g/mol.